The highest BCUT2D eigenvalue weighted by Crippen LogP contribution is 2.16. The van der Waals surface area contributed by atoms with E-state index in [1.165, 1.54) is 10.9 Å². The van der Waals surface area contributed by atoms with Gasteiger partial charge in [0.2, 0.25) is 5.91 Å². The quantitative estimate of drug-likeness (QED) is 0.811. The first-order chi connectivity index (χ1) is 8.79. The van der Waals surface area contributed by atoms with Gasteiger partial charge >= 0.3 is 0 Å². The maximum absolute atomic E-state index is 12.0. The van der Waals surface area contributed by atoms with Gasteiger partial charge in [-0.25, -0.2) is 8.42 Å². The molecule has 1 rings (SSSR count). The molecule has 8 heteroatoms. The van der Waals surface area contributed by atoms with E-state index in [9.17, 15) is 13.2 Å². The second-order valence-electron chi connectivity index (χ2n) is 4.29. The zero-order valence-electron chi connectivity index (χ0n) is 11.1. The van der Waals surface area contributed by atoms with Crippen LogP contribution in [-0.4, -0.2) is 30.1 Å². The van der Waals surface area contributed by atoms with Crippen molar-refractivity contribution in [3.63, 3.8) is 0 Å². The fourth-order valence-corrected chi connectivity index (χ4v) is 2.24. The van der Waals surface area contributed by atoms with E-state index in [0.717, 1.165) is 19.0 Å². The molecule has 0 aliphatic heterocycles. The Morgan fingerprint density at radius 2 is 2.05 bits per heavy atom. The molecule has 6 nitrogen and oxygen atoms in total. The summed E-state index contributed by atoms with van der Waals surface area (Å²) in [7, 11) is 1.39. The van der Waals surface area contributed by atoms with E-state index in [0.29, 0.717) is 0 Å². The minimum Gasteiger partial charge on any atom is -0.352 e. The number of hydrogen-bond donors (Lipinski definition) is 1. The summed E-state index contributed by atoms with van der Waals surface area (Å²) in [4.78, 5) is 11.9. The molecule has 1 amide bonds. The fourth-order valence-electron chi connectivity index (χ4n) is 1.59. The molecule has 19 heavy (non-hydrogen) atoms. The summed E-state index contributed by atoms with van der Waals surface area (Å²) >= 11 is 0. The van der Waals surface area contributed by atoms with Gasteiger partial charge < -0.3 is 5.32 Å². The van der Waals surface area contributed by atoms with Crippen LogP contribution in [0.25, 0.3) is 0 Å². The Balaban J connectivity index is 2.80. The van der Waals surface area contributed by atoms with Crippen LogP contribution in [0.2, 0.25) is 0 Å². The number of rotatable bonds is 6. The third-order valence-electron chi connectivity index (χ3n) is 2.97. The summed E-state index contributed by atoms with van der Waals surface area (Å²) in [5.74, 6) is -0.199. The summed E-state index contributed by atoms with van der Waals surface area (Å²) in [6.45, 7) is 5.63. The third-order valence-corrected chi connectivity index (χ3v) is 4.28. The lowest BCUT2D eigenvalue weighted by atomic mass is 10.1. The van der Waals surface area contributed by atoms with Crippen molar-refractivity contribution in [3.05, 3.63) is 12.4 Å². The highest BCUT2D eigenvalue weighted by atomic mass is 35.7. The van der Waals surface area contributed by atoms with Crippen molar-refractivity contribution in [2.45, 2.75) is 50.6 Å². The molecule has 1 atom stereocenters. The average molecular weight is 308 g/mol. The van der Waals surface area contributed by atoms with Gasteiger partial charge in [-0.2, -0.15) is 5.10 Å². The van der Waals surface area contributed by atoms with Crippen LogP contribution < -0.4 is 5.32 Å². The van der Waals surface area contributed by atoms with Crippen molar-refractivity contribution >= 4 is 25.6 Å². The van der Waals surface area contributed by atoms with E-state index in [2.05, 4.69) is 10.4 Å². The number of halogens is 1. The SMILES string of the molecule is CCC(CC)NC(=O)C(C)n1cc(S(=O)(=O)Cl)cn1. The van der Waals surface area contributed by atoms with E-state index >= 15 is 0 Å². The van der Waals surface area contributed by atoms with Crippen molar-refractivity contribution in [2.75, 3.05) is 0 Å². The molecule has 0 aromatic carbocycles. The molecule has 0 bridgehead atoms. The van der Waals surface area contributed by atoms with Gasteiger partial charge in [-0.3, -0.25) is 9.48 Å². The maximum atomic E-state index is 12.0. The predicted octanol–water partition coefficient (Wildman–Crippen LogP) is 1.68. The summed E-state index contributed by atoms with van der Waals surface area (Å²) in [5, 5.41) is 6.74. The monoisotopic (exact) mass is 307 g/mol. The van der Waals surface area contributed by atoms with Crippen LogP contribution >= 0.6 is 10.7 Å². The minimum absolute atomic E-state index is 0.113. The van der Waals surface area contributed by atoms with Crippen LogP contribution in [-0.2, 0) is 13.8 Å². The van der Waals surface area contributed by atoms with Crippen LogP contribution in [0.5, 0.6) is 0 Å². The number of hydrogen-bond acceptors (Lipinski definition) is 4. The Bertz CT molecular complexity index is 537. The molecular weight excluding hydrogens is 290 g/mol. The van der Waals surface area contributed by atoms with Crippen molar-refractivity contribution < 1.29 is 13.2 Å². The molecule has 0 aliphatic rings. The Morgan fingerprint density at radius 3 is 2.47 bits per heavy atom. The highest BCUT2D eigenvalue weighted by molar-refractivity contribution is 8.13. The summed E-state index contributed by atoms with van der Waals surface area (Å²) in [6.07, 6.45) is 4.06. The molecule has 0 saturated carbocycles. The van der Waals surface area contributed by atoms with Crippen molar-refractivity contribution in [3.8, 4) is 0 Å². The molecule has 1 heterocycles. The van der Waals surface area contributed by atoms with Gasteiger partial charge in [-0.1, -0.05) is 13.8 Å². The number of carbonyl (C=O) groups is 1. The Kier molecular flexibility index (Phi) is 5.37. The molecule has 1 unspecified atom stereocenters. The van der Waals surface area contributed by atoms with E-state index in [-0.39, 0.29) is 16.8 Å². The van der Waals surface area contributed by atoms with E-state index in [1.807, 2.05) is 13.8 Å². The van der Waals surface area contributed by atoms with Crippen LogP contribution in [0.4, 0.5) is 0 Å². The van der Waals surface area contributed by atoms with E-state index in [4.69, 9.17) is 10.7 Å². The smallest absolute Gasteiger partial charge is 0.264 e. The summed E-state index contributed by atoms with van der Waals surface area (Å²) in [5.41, 5.74) is 0. The molecule has 0 spiro atoms. The number of carbonyl (C=O) groups excluding carboxylic acids is 1. The lowest BCUT2D eigenvalue weighted by molar-refractivity contribution is -0.124. The number of nitrogens with one attached hydrogen (secondary N) is 1. The average Bonchev–Trinajstić information content (AvgIpc) is 2.83. The normalized spacial score (nSPS) is 13.5. The standard InChI is InChI=1S/C11H18ClN3O3S/c1-4-9(5-2)14-11(16)8(3)15-7-10(6-13-15)19(12,17)18/h6-9H,4-5H2,1-3H3,(H,14,16). The molecule has 1 N–H and O–H groups in total. The van der Waals surface area contributed by atoms with Crippen LogP contribution in [0.3, 0.4) is 0 Å². The van der Waals surface area contributed by atoms with Gasteiger partial charge in [0, 0.05) is 22.9 Å². The van der Waals surface area contributed by atoms with Crippen molar-refractivity contribution in [1.29, 1.82) is 0 Å². The fraction of sp³-hybridized carbons (Fsp3) is 0.636. The van der Waals surface area contributed by atoms with Gasteiger partial charge in [0.1, 0.15) is 10.9 Å². The van der Waals surface area contributed by atoms with Gasteiger partial charge in [-0.15, -0.1) is 0 Å². The molecule has 0 aliphatic carbocycles. The third kappa shape index (κ3) is 4.21. The van der Waals surface area contributed by atoms with Gasteiger partial charge in [0.05, 0.1) is 6.20 Å². The predicted molar refractivity (Wildman–Crippen MR) is 72.5 cm³/mol. The lowest BCUT2D eigenvalue weighted by Gasteiger charge is -2.18. The number of aromatic nitrogens is 2. The number of amides is 1. The van der Waals surface area contributed by atoms with Crippen LogP contribution in [0.15, 0.2) is 17.3 Å². The zero-order chi connectivity index (χ0) is 14.6. The van der Waals surface area contributed by atoms with Crippen molar-refractivity contribution in [2.24, 2.45) is 0 Å². The molecule has 0 radical (unpaired) electrons. The second kappa shape index (κ2) is 6.38. The number of nitrogens with zero attached hydrogens (tertiary/aromatic N) is 2. The van der Waals surface area contributed by atoms with Crippen LogP contribution in [0.1, 0.15) is 39.7 Å². The van der Waals surface area contributed by atoms with Gasteiger partial charge in [-0.05, 0) is 19.8 Å². The van der Waals surface area contributed by atoms with Crippen molar-refractivity contribution in [1.82, 2.24) is 15.1 Å². The molecule has 1 aromatic heterocycles. The largest absolute Gasteiger partial charge is 0.352 e. The first-order valence-corrected chi connectivity index (χ1v) is 8.39. The van der Waals surface area contributed by atoms with E-state index < -0.39 is 15.1 Å². The molecule has 0 fully saturated rings. The topological polar surface area (TPSA) is 81.1 Å². The zero-order valence-corrected chi connectivity index (χ0v) is 12.7. The highest BCUT2D eigenvalue weighted by Gasteiger charge is 2.20. The summed E-state index contributed by atoms with van der Waals surface area (Å²) in [6, 6.07) is -0.477. The molecular formula is C11H18ClN3O3S. The van der Waals surface area contributed by atoms with Gasteiger partial charge in [0.25, 0.3) is 9.05 Å². The Labute approximate surface area is 117 Å². The van der Waals surface area contributed by atoms with Crippen LogP contribution in [0, 0.1) is 0 Å². The Morgan fingerprint density at radius 1 is 1.47 bits per heavy atom. The minimum atomic E-state index is -3.82. The first-order valence-electron chi connectivity index (χ1n) is 6.08. The van der Waals surface area contributed by atoms with Gasteiger partial charge in [0.15, 0.2) is 0 Å². The Hall–Kier alpha value is -1.08. The maximum Gasteiger partial charge on any atom is 0.264 e. The molecule has 0 saturated heterocycles. The lowest BCUT2D eigenvalue weighted by Crippen LogP contribution is -2.38. The first kappa shape index (κ1) is 16.0. The van der Waals surface area contributed by atoms with E-state index in [1.54, 1.807) is 6.92 Å². The molecule has 108 valence electrons. The summed E-state index contributed by atoms with van der Waals surface area (Å²) < 4.78 is 23.5. The second-order valence-corrected chi connectivity index (χ2v) is 6.86. The molecule has 1 aromatic rings.